The molecule has 0 aliphatic heterocycles. The van der Waals surface area contributed by atoms with Crippen molar-refractivity contribution in [1.82, 2.24) is 5.32 Å². The molecule has 0 radical (unpaired) electrons. The highest BCUT2D eigenvalue weighted by Gasteiger charge is 2.06. The van der Waals surface area contributed by atoms with Crippen molar-refractivity contribution in [3.05, 3.63) is 35.1 Å². The van der Waals surface area contributed by atoms with Gasteiger partial charge in [-0.3, -0.25) is 4.79 Å². The summed E-state index contributed by atoms with van der Waals surface area (Å²) in [5, 5.41) is 20.4. The van der Waals surface area contributed by atoms with Gasteiger partial charge in [0.25, 0.3) is 0 Å². The Balaban J connectivity index is 2.28. The highest BCUT2D eigenvalue weighted by atomic mass is 32.2. The molecule has 1 aromatic carbocycles. The van der Waals surface area contributed by atoms with Crippen molar-refractivity contribution in [2.45, 2.75) is 19.6 Å². The van der Waals surface area contributed by atoms with Gasteiger partial charge in [0, 0.05) is 12.3 Å². The number of benzene rings is 1. The summed E-state index contributed by atoms with van der Waals surface area (Å²) in [7, 11) is 0. The van der Waals surface area contributed by atoms with Crippen LogP contribution in [0, 0.1) is 12.7 Å². The topological polar surface area (TPSA) is 69.6 Å². The van der Waals surface area contributed by atoms with E-state index in [1.807, 2.05) is 0 Å². The van der Waals surface area contributed by atoms with Crippen LogP contribution in [-0.2, 0) is 11.3 Å². The van der Waals surface area contributed by atoms with Crippen molar-refractivity contribution in [2.75, 3.05) is 18.1 Å². The molecule has 0 heterocycles. The molecule has 0 aromatic heterocycles. The van der Waals surface area contributed by atoms with E-state index in [1.165, 1.54) is 17.8 Å². The summed E-state index contributed by atoms with van der Waals surface area (Å²) >= 11 is 1.25. The van der Waals surface area contributed by atoms with E-state index in [9.17, 15) is 9.18 Å². The third-order valence-electron chi connectivity index (χ3n) is 2.47. The fourth-order valence-corrected chi connectivity index (χ4v) is 2.19. The Hall–Kier alpha value is -1.11. The first-order chi connectivity index (χ1) is 9.02. The molecule has 4 nitrogen and oxygen atoms in total. The first kappa shape index (κ1) is 15.9. The number of hydrogen-bond acceptors (Lipinski definition) is 4. The van der Waals surface area contributed by atoms with Crippen LogP contribution in [0.5, 0.6) is 0 Å². The van der Waals surface area contributed by atoms with Gasteiger partial charge < -0.3 is 15.5 Å². The number of halogens is 1. The van der Waals surface area contributed by atoms with Crippen molar-refractivity contribution in [3.8, 4) is 0 Å². The van der Waals surface area contributed by atoms with Crippen LogP contribution in [0.1, 0.15) is 11.1 Å². The number of nitrogens with one attached hydrogen (secondary N) is 1. The molecule has 6 heteroatoms. The molecule has 0 spiro atoms. The second-order valence-corrected chi connectivity index (χ2v) is 5.24. The largest absolute Gasteiger partial charge is 0.394 e. The lowest BCUT2D eigenvalue weighted by Gasteiger charge is -2.08. The first-order valence-electron chi connectivity index (χ1n) is 5.91. The van der Waals surface area contributed by atoms with E-state index in [0.717, 1.165) is 5.56 Å². The lowest BCUT2D eigenvalue weighted by atomic mass is 10.1. The lowest BCUT2D eigenvalue weighted by molar-refractivity contribution is -0.118. The maximum atomic E-state index is 13.0. The monoisotopic (exact) mass is 287 g/mol. The summed E-state index contributed by atoms with van der Waals surface area (Å²) in [4.78, 5) is 11.5. The Morgan fingerprint density at radius 1 is 1.53 bits per heavy atom. The summed E-state index contributed by atoms with van der Waals surface area (Å²) in [5.41, 5.74) is 1.39. The number of aliphatic hydroxyl groups excluding tert-OH is 2. The second kappa shape index (κ2) is 8.14. The zero-order valence-corrected chi connectivity index (χ0v) is 11.5. The number of carbonyl (C=O) groups excluding carboxylic acids is 1. The highest BCUT2D eigenvalue weighted by Crippen LogP contribution is 2.09. The predicted molar refractivity (Wildman–Crippen MR) is 73.4 cm³/mol. The van der Waals surface area contributed by atoms with Gasteiger partial charge in [-0.2, -0.15) is 0 Å². The summed E-state index contributed by atoms with van der Waals surface area (Å²) in [6.45, 7) is 1.72. The molecule has 0 aliphatic rings. The van der Waals surface area contributed by atoms with Gasteiger partial charge in [-0.1, -0.05) is 12.1 Å². The molecule has 0 saturated carbocycles. The highest BCUT2D eigenvalue weighted by molar-refractivity contribution is 7.99. The fraction of sp³-hybridized carbons (Fsp3) is 0.462. The zero-order valence-electron chi connectivity index (χ0n) is 10.7. The number of rotatable bonds is 7. The third kappa shape index (κ3) is 6.04. The van der Waals surface area contributed by atoms with E-state index in [-0.39, 0.29) is 24.1 Å². The van der Waals surface area contributed by atoms with E-state index in [4.69, 9.17) is 10.2 Å². The number of amides is 1. The molecule has 106 valence electrons. The average molecular weight is 287 g/mol. The molecular formula is C13H18FNO3S. The van der Waals surface area contributed by atoms with Crippen molar-refractivity contribution in [2.24, 2.45) is 0 Å². The number of thioether (sulfide) groups is 1. The normalized spacial score (nSPS) is 12.2. The predicted octanol–water partition coefficient (Wildman–Crippen LogP) is 0.837. The summed E-state index contributed by atoms with van der Waals surface area (Å²) in [5.74, 6) is 0.123. The maximum absolute atomic E-state index is 13.0. The van der Waals surface area contributed by atoms with E-state index >= 15 is 0 Å². The molecule has 0 bridgehead atoms. The van der Waals surface area contributed by atoms with Crippen LogP contribution in [0.4, 0.5) is 4.39 Å². The van der Waals surface area contributed by atoms with Crippen LogP contribution in [0.3, 0.4) is 0 Å². The molecule has 1 rings (SSSR count). The second-order valence-electron chi connectivity index (χ2n) is 4.21. The Morgan fingerprint density at radius 3 is 2.89 bits per heavy atom. The average Bonchev–Trinajstić information content (AvgIpc) is 2.40. The molecule has 1 atom stereocenters. The lowest BCUT2D eigenvalue weighted by Crippen LogP contribution is -2.25. The standard InChI is InChI=1S/C13H18FNO3S/c1-9-4-10(2-3-12(9)14)5-15-13(18)8-19-7-11(17)6-16/h2-4,11,16-17H,5-8H2,1H3,(H,15,18). The molecule has 1 unspecified atom stereocenters. The zero-order chi connectivity index (χ0) is 14.3. The van der Waals surface area contributed by atoms with Crippen LogP contribution < -0.4 is 5.32 Å². The van der Waals surface area contributed by atoms with E-state index in [1.54, 1.807) is 19.1 Å². The third-order valence-corrected chi connectivity index (χ3v) is 3.55. The maximum Gasteiger partial charge on any atom is 0.230 e. The van der Waals surface area contributed by atoms with Crippen LogP contribution in [0.15, 0.2) is 18.2 Å². The summed E-state index contributed by atoms with van der Waals surface area (Å²) in [6.07, 6.45) is -0.794. The van der Waals surface area contributed by atoms with Crippen LogP contribution in [0.25, 0.3) is 0 Å². The van der Waals surface area contributed by atoms with Gasteiger partial charge in [0.05, 0.1) is 18.5 Å². The van der Waals surface area contributed by atoms with Crippen molar-refractivity contribution < 1.29 is 19.4 Å². The summed E-state index contributed by atoms with van der Waals surface area (Å²) in [6, 6.07) is 4.70. The van der Waals surface area contributed by atoms with Crippen molar-refractivity contribution in [3.63, 3.8) is 0 Å². The van der Waals surface area contributed by atoms with E-state index in [0.29, 0.717) is 17.9 Å². The minimum Gasteiger partial charge on any atom is -0.394 e. The summed E-state index contributed by atoms with van der Waals surface area (Å²) < 4.78 is 13.0. The minimum absolute atomic E-state index is 0.155. The van der Waals surface area contributed by atoms with Crippen molar-refractivity contribution >= 4 is 17.7 Å². The smallest absolute Gasteiger partial charge is 0.230 e. The van der Waals surface area contributed by atoms with Gasteiger partial charge in [-0.05, 0) is 24.1 Å². The molecular weight excluding hydrogens is 269 g/mol. The Bertz CT molecular complexity index is 428. The molecule has 3 N–H and O–H groups in total. The molecule has 19 heavy (non-hydrogen) atoms. The van der Waals surface area contributed by atoms with Gasteiger partial charge in [-0.25, -0.2) is 4.39 Å². The molecule has 0 fully saturated rings. The SMILES string of the molecule is Cc1cc(CNC(=O)CSCC(O)CO)ccc1F. The number of aliphatic hydroxyl groups is 2. The van der Waals surface area contributed by atoms with Crippen LogP contribution >= 0.6 is 11.8 Å². The fourth-order valence-electron chi connectivity index (χ4n) is 1.41. The van der Waals surface area contributed by atoms with Crippen molar-refractivity contribution in [1.29, 1.82) is 0 Å². The number of hydrogen-bond donors (Lipinski definition) is 3. The molecule has 0 saturated heterocycles. The molecule has 0 aliphatic carbocycles. The van der Waals surface area contributed by atoms with E-state index < -0.39 is 6.10 Å². The van der Waals surface area contributed by atoms with Gasteiger partial charge in [-0.15, -0.1) is 11.8 Å². The number of aryl methyl sites for hydroxylation is 1. The van der Waals surface area contributed by atoms with Crippen LogP contribution in [0.2, 0.25) is 0 Å². The molecule has 1 amide bonds. The first-order valence-corrected chi connectivity index (χ1v) is 7.06. The van der Waals surface area contributed by atoms with Gasteiger partial charge in [0.15, 0.2) is 0 Å². The van der Waals surface area contributed by atoms with Gasteiger partial charge in [0.1, 0.15) is 5.82 Å². The Labute approximate surface area is 116 Å². The number of carbonyl (C=O) groups is 1. The van der Waals surface area contributed by atoms with Gasteiger partial charge in [0.2, 0.25) is 5.91 Å². The van der Waals surface area contributed by atoms with Gasteiger partial charge >= 0.3 is 0 Å². The Kier molecular flexibility index (Phi) is 6.83. The quantitative estimate of drug-likeness (QED) is 0.695. The Morgan fingerprint density at radius 2 is 2.26 bits per heavy atom. The van der Waals surface area contributed by atoms with E-state index in [2.05, 4.69) is 5.32 Å². The van der Waals surface area contributed by atoms with Crippen LogP contribution in [-0.4, -0.2) is 40.3 Å². The molecule has 1 aromatic rings. The minimum atomic E-state index is -0.794.